The van der Waals surface area contributed by atoms with Gasteiger partial charge in [0.15, 0.2) is 5.16 Å². The summed E-state index contributed by atoms with van der Waals surface area (Å²) in [4.78, 5) is 42.4. The molecule has 0 radical (unpaired) electrons. The van der Waals surface area contributed by atoms with Crippen LogP contribution in [0, 0.1) is 5.92 Å². The fourth-order valence-corrected chi connectivity index (χ4v) is 2.79. The monoisotopic (exact) mass is 355 g/mol. The molecule has 0 saturated heterocycles. The maximum absolute atomic E-state index is 12.1. The summed E-state index contributed by atoms with van der Waals surface area (Å²) in [6, 6.07) is 0.788. The number of carbonyl (C=O) groups excluding carboxylic acids is 2. The van der Waals surface area contributed by atoms with Crippen molar-refractivity contribution in [1.82, 2.24) is 15.3 Å². The Morgan fingerprint density at radius 2 is 2.12 bits per heavy atom. The molecule has 0 spiro atoms. The molecule has 7 nitrogen and oxygen atoms in total. The van der Waals surface area contributed by atoms with Crippen molar-refractivity contribution in [2.75, 3.05) is 12.9 Å². The predicted octanol–water partition coefficient (Wildman–Crippen LogP) is 1.52. The second-order valence-corrected chi connectivity index (χ2v) is 6.50. The lowest BCUT2D eigenvalue weighted by molar-refractivity contribution is -0.146. The molecular weight excluding hydrogens is 330 g/mol. The predicted molar refractivity (Wildman–Crippen MR) is 93.0 cm³/mol. The average molecular weight is 355 g/mol. The number of nitrogens with one attached hydrogen (secondary N) is 2. The number of aryl methyl sites for hydroxylation is 1. The van der Waals surface area contributed by atoms with Crippen molar-refractivity contribution < 1.29 is 14.3 Å². The van der Waals surface area contributed by atoms with Gasteiger partial charge in [-0.3, -0.25) is 9.59 Å². The molecule has 2 atom stereocenters. The molecule has 0 saturated carbocycles. The molecule has 0 aliphatic heterocycles. The highest BCUT2D eigenvalue weighted by molar-refractivity contribution is 7.99. The molecule has 24 heavy (non-hydrogen) atoms. The van der Waals surface area contributed by atoms with Gasteiger partial charge in [-0.2, -0.15) is 0 Å². The van der Waals surface area contributed by atoms with Gasteiger partial charge in [-0.1, -0.05) is 45.4 Å². The quantitative estimate of drug-likeness (QED) is 0.396. The van der Waals surface area contributed by atoms with Crippen LogP contribution in [-0.4, -0.2) is 40.7 Å². The Morgan fingerprint density at radius 3 is 2.71 bits per heavy atom. The first-order chi connectivity index (χ1) is 11.4. The van der Waals surface area contributed by atoms with E-state index >= 15 is 0 Å². The van der Waals surface area contributed by atoms with Gasteiger partial charge in [-0.25, -0.2) is 9.78 Å². The lowest BCUT2D eigenvalue weighted by Gasteiger charge is -2.21. The van der Waals surface area contributed by atoms with Gasteiger partial charge < -0.3 is 15.0 Å². The Bertz CT molecular complexity index is 618. The van der Waals surface area contributed by atoms with Gasteiger partial charge >= 0.3 is 5.97 Å². The molecule has 0 aromatic carbocycles. The molecule has 134 valence electrons. The van der Waals surface area contributed by atoms with E-state index in [4.69, 9.17) is 4.74 Å². The topological polar surface area (TPSA) is 101 Å². The number of aromatic amines is 1. The summed E-state index contributed by atoms with van der Waals surface area (Å²) in [5, 5.41) is 3.09. The molecule has 1 heterocycles. The third-order valence-electron chi connectivity index (χ3n) is 3.60. The van der Waals surface area contributed by atoms with E-state index in [-0.39, 0.29) is 23.1 Å². The number of nitrogens with zero attached hydrogens (tertiary/aromatic N) is 1. The number of hydrogen-bond acceptors (Lipinski definition) is 6. The number of thioether (sulfide) groups is 1. The highest BCUT2D eigenvalue weighted by atomic mass is 32.2. The van der Waals surface area contributed by atoms with Crippen molar-refractivity contribution in [3.8, 4) is 0 Å². The summed E-state index contributed by atoms with van der Waals surface area (Å²) in [5.74, 6) is -0.738. The molecule has 1 aromatic rings. The number of hydrogen-bond donors (Lipinski definition) is 2. The molecule has 0 aliphatic rings. The number of methoxy groups -OCH3 is 1. The van der Waals surface area contributed by atoms with Crippen molar-refractivity contribution in [2.24, 2.45) is 5.92 Å². The molecule has 0 fully saturated rings. The normalized spacial score (nSPS) is 13.2. The first-order valence-corrected chi connectivity index (χ1v) is 9.00. The highest BCUT2D eigenvalue weighted by Crippen LogP contribution is 2.13. The van der Waals surface area contributed by atoms with Crippen LogP contribution in [0.4, 0.5) is 0 Å². The van der Waals surface area contributed by atoms with Crippen molar-refractivity contribution in [3.05, 3.63) is 22.1 Å². The Kier molecular flexibility index (Phi) is 8.53. The minimum atomic E-state index is -0.675. The fourth-order valence-electron chi connectivity index (χ4n) is 2.08. The Morgan fingerprint density at radius 1 is 1.42 bits per heavy atom. The smallest absolute Gasteiger partial charge is 0.328 e. The van der Waals surface area contributed by atoms with Gasteiger partial charge in [0.05, 0.1) is 12.9 Å². The number of esters is 1. The van der Waals surface area contributed by atoms with E-state index in [0.29, 0.717) is 17.3 Å². The van der Waals surface area contributed by atoms with Crippen molar-refractivity contribution in [2.45, 2.75) is 51.2 Å². The maximum atomic E-state index is 12.1. The van der Waals surface area contributed by atoms with Crippen LogP contribution in [0.2, 0.25) is 0 Å². The summed E-state index contributed by atoms with van der Waals surface area (Å²) < 4.78 is 4.74. The summed E-state index contributed by atoms with van der Waals surface area (Å²) in [5.41, 5.74) is 0.472. The summed E-state index contributed by atoms with van der Waals surface area (Å²) in [6.45, 7) is 5.82. The SMILES string of the molecule is CCCc1cc(=O)[nH]c(SCC(=O)N[C@@H](C(=O)OC)[C@@H](C)CC)n1. The number of ether oxygens (including phenoxy) is 1. The molecule has 1 amide bonds. The zero-order valence-electron chi connectivity index (χ0n) is 14.5. The van der Waals surface area contributed by atoms with Crippen LogP contribution < -0.4 is 10.9 Å². The van der Waals surface area contributed by atoms with Crippen molar-refractivity contribution in [1.29, 1.82) is 0 Å². The number of amides is 1. The van der Waals surface area contributed by atoms with Gasteiger partial charge in [0.25, 0.3) is 5.56 Å². The molecule has 0 aliphatic carbocycles. The summed E-state index contributed by atoms with van der Waals surface area (Å²) in [6.07, 6.45) is 2.33. The Balaban J connectivity index is 2.68. The molecule has 1 rings (SSSR count). The third kappa shape index (κ3) is 6.35. The van der Waals surface area contributed by atoms with E-state index < -0.39 is 12.0 Å². The van der Waals surface area contributed by atoms with Gasteiger partial charge in [0, 0.05) is 11.8 Å². The summed E-state index contributed by atoms with van der Waals surface area (Å²) >= 11 is 1.13. The molecule has 8 heteroatoms. The largest absolute Gasteiger partial charge is 0.467 e. The van der Waals surface area contributed by atoms with Crippen LogP contribution in [0.15, 0.2) is 16.0 Å². The second kappa shape index (κ2) is 10.1. The first-order valence-electron chi connectivity index (χ1n) is 8.01. The maximum Gasteiger partial charge on any atom is 0.328 e. The lowest BCUT2D eigenvalue weighted by atomic mass is 9.99. The number of H-pyrrole nitrogens is 1. The van der Waals surface area contributed by atoms with Crippen LogP contribution in [0.5, 0.6) is 0 Å². The zero-order valence-corrected chi connectivity index (χ0v) is 15.4. The van der Waals surface area contributed by atoms with E-state index in [1.807, 2.05) is 20.8 Å². The van der Waals surface area contributed by atoms with Crippen molar-refractivity contribution in [3.63, 3.8) is 0 Å². The Labute approximate surface area is 146 Å². The van der Waals surface area contributed by atoms with Crippen LogP contribution in [-0.2, 0) is 20.7 Å². The minimum absolute atomic E-state index is 0.0304. The minimum Gasteiger partial charge on any atom is -0.467 e. The van der Waals surface area contributed by atoms with E-state index in [1.165, 1.54) is 13.2 Å². The van der Waals surface area contributed by atoms with E-state index in [1.54, 1.807) is 0 Å². The zero-order chi connectivity index (χ0) is 18.1. The van der Waals surface area contributed by atoms with Crippen LogP contribution in [0.1, 0.15) is 39.3 Å². The summed E-state index contributed by atoms with van der Waals surface area (Å²) in [7, 11) is 1.30. The molecular formula is C16H25N3O4S. The number of aromatic nitrogens is 2. The number of carbonyl (C=O) groups is 2. The molecule has 0 unspecified atom stereocenters. The second-order valence-electron chi connectivity index (χ2n) is 5.53. The van der Waals surface area contributed by atoms with Crippen LogP contribution >= 0.6 is 11.8 Å². The van der Waals surface area contributed by atoms with E-state index in [2.05, 4.69) is 15.3 Å². The van der Waals surface area contributed by atoms with Gasteiger partial charge in [0.1, 0.15) is 6.04 Å². The lowest BCUT2D eigenvalue weighted by Crippen LogP contribution is -2.46. The van der Waals surface area contributed by atoms with Gasteiger partial charge in [0.2, 0.25) is 5.91 Å². The first kappa shape index (κ1) is 20.2. The van der Waals surface area contributed by atoms with Gasteiger partial charge in [-0.15, -0.1) is 0 Å². The standard InChI is InChI=1S/C16H25N3O4S/c1-5-7-11-8-12(20)19-16(17-11)24-9-13(21)18-14(10(3)6-2)15(22)23-4/h8,10,14H,5-7,9H2,1-4H3,(H,18,21)(H,17,19,20)/t10-,14+/m0/s1. The molecule has 2 N–H and O–H groups in total. The van der Waals surface area contributed by atoms with Crippen molar-refractivity contribution >= 4 is 23.6 Å². The van der Waals surface area contributed by atoms with Crippen LogP contribution in [0.25, 0.3) is 0 Å². The Hall–Kier alpha value is -1.83. The van der Waals surface area contributed by atoms with E-state index in [0.717, 1.165) is 24.6 Å². The number of rotatable bonds is 9. The fraction of sp³-hybridized carbons (Fsp3) is 0.625. The van der Waals surface area contributed by atoms with E-state index in [9.17, 15) is 14.4 Å². The molecule has 1 aromatic heterocycles. The third-order valence-corrected chi connectivity index (χ3v) is 4.48. The van der Waals surface area contributed by atoms with Gasteiger partial charge in [-0.05, 0) is 12.3 Å². The highest BCUT2D eigenvalue weighted by Gasteiger charge is 2.26. The average Bonchev–Trinajstić information content (AvgIpc) is 2.56. The molecule has 0 bridgehead atoms. The van der Waals surface area contributed by atoms with Crippen LogP contribution in [0.3, 0.4) is 0 Å².